The van der Waals surface area contributed by atoms with Gasteiger partial charge in [-0.25, -0.2) is 4.39 Å². The number of pyridine rings is 1. The number of aryl methyl sites for hydroxylation is 1. The van der Waals surface area contributed by atoms with Crippen LogP contribution in [0.2, 0.25) is 0 Å². The van der Waals surface area contributed by atoms with E-state index in [4.69, 9.17) is 0 Å². The molecule has 2 aromatic carbocycles. The zero-order valence-electron chi connectivity index (χ0n) is 19.2. The van der Waals surface area contributed by atoms with Crippen LogP contribution in [0, 0.1) is 12.7 Å². The lowest BCUT2D eigenvalue weighted by Gasteiger charge is -2.26. The van der Waals surface area contributed by atoms with Gasteiger partial charge in [0.15, 0.2) is 0 Å². The number of amides is 1. The van der Waals surface area contributed by atoms with Gasteiger partial charge >= 0.3 is 0 Å². The smallest absolute Gasteiger partial charge is 0.251 e. The SMILES string of the molecule is Cc1cccc(F)c1CN1CCCCC(NC(=O)c2ccc3[nH]nc(-c4ccncc4)c3c2)C1. The van der Waals surface area contributed by atoms with Crippen LogP contribution in [0.1, 0.15) is 40.7 Å². The van der Waals surface area contributed by atoms with Crippen molar-refractivity contribution in [1.29, 1.82) is 0 Å². The summed E-state index contributed by atoms with van der Waals surface area (Å²) in [6.45, 7) is 4.11. The summed E-state index contributed by atoms with van der Waals surface area (Å²) in [5, 5.41) is 11.6. The Hall–Kier alpha value is -3.58. The Balaban J connectivity index is 1.32. The summed E-state index contributed by atoms with van der Waals surface area (Å²) in [5.41, 5.74) is 4.93. The quantitative estimate of drug-likeness (QED) is 0.449. The minimum atomic E-state index is -0.164. The Bertz CT molecular complexity index is 1280. The first-order valence-corrected chi connectivity index (χ1v) is 11.7. The van der Waals surface area contributed by atoms with E-state index in [2.05, 4.69) is 25.4 Å². The maximum atomic E-state index is 14.4. The first kappa shape index (κ1) is 22.2. The van der Waals surface area contributed by atoms with E-state index in [9.17, 15) is 9.18 Å². The fraction of sp³-hybridized carbons (Fsp3) is 0.296. The van der Waals surface area contributed by atoms with Gasteiger partial charge in [-0.2, -0.15) is 5.10 Å². The summed E-state index contributed by atoms with van der Waals surface area (Å²) >= 11 is 0. The molecule has 0 aliphatic carbocycles. The zero-order valence-corrected chi connectivity index (χ0v) is 19.2. The van der Waals surface area contributed by atoms with E-state index >= 15 is 0 Å². The number of halogens is 1. The number of aromatic amines is 1. The molecule has 1 aliphatic rings. The topological polar surface area (TPSA) is 73.9 Å². The van der Waals surface area contributed by atoms with Crippen molar-refractivity contribution in [2.75, 3.05) is 13.1 Å². The van der Waals surface area contributed by atoms with Crippen molar-refractivity contribution in [1.82, 2.24) is 25.4 Å². The Kier molecular flexibility index (Phi) is 6.36. The molecule has 1 fully saturated rings. The van der Waals surface area contributed by atoms with Crippen LogP contribution >= 0.6 is 0 Å². The summed E-state index contributed by atoms with van der Waals surface area (Å²) < 4.78 is 14.4. The van der Waals surface area contributed by atoms with Gasteiger partial charge in [0.1, 0.15) is 11.5 Å². The van der Waals surface area contributed by atoms with E-state index in [1.165, 1.54) is 6.07 Å². The molecule has 6 nitrogen and oxygen atoms in total. The maximum Gasteiger partial charge on any atom is 0.251 e. The number of aromatic nitrogens is 3. The highest BCUT2D eigenvalue weighted by molar-refractivity contribution is 6.01. The molecule has 2 aromatic heterocycles. The number of H-pyrrole nitrogens is 1. The lowest BCUT2D eigenvalue weighted by atomic mass is 10.1. The van der Waals surface area contributed by atoms with Crippen LogP contribution < -0.4 is 5.32 Å². The molecule has 1 aliphatic heterocycles. The molecule has 1 atom stereocenters. The monoisotopic (exact) mass is 457 g/mol. The second kappa shape index (κ2) is 9.73. The third kappa shape index (κ3) is 4.70. The molecule has 5 rings (SSSR count). The van der Waals surface area contributed by atoms with Gasteiger partial charge in [0, 0.05) is 53.6 Å². The average Bonchev–Trinajstić information content (AvgIpc) is 3.15. The first-order chi connectivity index (χ1) is 16.6. The summed E-state index contributed by atoms with van der Waals surface area (Å²) in [4.78, 5) is 19.5. The largest absolute Gasteiger partial charge is 0.348 e. The maximum absolute atomic E-state index is 14.4. The molecule has 0 saturated carbocycles. The number of carbonyl (C=O) groups is 1. The van der Waals surface area contributed by atoms with Crippen molar-refractivity contribution in [3.05, 3.63) is 83.4 Å². The molecule has 4 aromatic rings. The number of carbonyl (C=O) groups excluding carboxylic acids is 1. The number of rotatable bonds is 5. The normalized spacial score (nSPS) is 16.9. The van der Waals surface area contributed by atoms with E-state index in [0.29, 0.717) is 18.7 Å². The van der Waals surface area contributed by atoms with E-state index in [-0.39, 0.29) is 17.8 Å². The fourth-order valence-corrected chi connectivity index (χ4v) is 4.73. The van der Waals surface area contributed by atoms with Gasteiger partial charge in [0.05, 0.1) is 5.52 Å². The van der Waals surface area contributed by atoms with Gasteiger partial charge in [-0.3, -0.25) is 19.8 Å². The van der Waals surface area contributed by atoms with E-state index < -0.39 is 0 Å². The average molecular weight is 458 g/mol. The molecular formula is C27H28FN5O. The highest BCUT2D eigenvalue weighted by Gasteiger charge is 2.22. The summed E-state index contributed by atoms with van der Waals surface area (Å²) in [6.07, 6.45) is 6.44. The molecule has 1 amide bonds. The highest BCUT2D eigenvalue weighted by Crippen LogP contribution is 2.27. The molecule has 3 heterocycles. The molecule has 174 valence electrons. The van der Waals surface area contributed by atoms with Gasteiger partial charge in [0.25, 0.3) is 5.91 Å². The number of likely N-dealkylation sites (tertiary alicyclic amines) is 1. The highest BCUT2D eigenvalue weighted by atomic mass is 19.1. The van der Waals surface area contributed by atoms with E-state index in [0.717, 1.165) is 59.1 Å². The van der Waals surface area contributed by atoms with Crippen LogP contribution in [0.25, 0.3) is 22.2 Å². The standard InChI is InChI=1S/C27H28FN5O/c1-18-5-4-7-24(28)23(18)17-33-14-3-2-6-21(16-33)30-27(34)20-8-9-25-22(15-20)26(32-31-25)19-10-12-29-13-11-19/h4-5,7-13,15,21H,2-3,6,14,16-17H2,1H3,(H,30,34)(H,31,32). The third-order valence-corrected chi connectivity index (χ3v) is 6.60. The number of hydrogen-bond acceptors (Lipinski definition) is 4. The van der Waals surface area contributed by atoms with Gasteiger partial charge in [-0.05, 0) is 68.3 Å². The molecule has 0 spiro atoms. The number of nitrogens with zero attached hydrogens (tertiary/aromatic N) is 3. The Morgan fingerprint density at radius 3 is 2.85 bits per heavy atom. The number of fused-ring (bicyclic) bond motifs is 1. The van der Waals surface area contributed by atoms with Crippen molar-refractivity contribution < 1.29 is 9.18 Å². The minimum Gasteiger partial charge on any atom is -0.348 e. The number of hydrogen-bond donors (Lipinski definition) is 2. The number of benzene rings is 2. The van der Waals surface area contributed by atoms with Gasteiger partial charge < -0.3 is 5.32 Å². The van der Waals surface area contributed by atoms with Crippen LogP contribution in [0.3, 0.4) is 0 Å². The number of nitrogens with one attached hydrogen (secondary N) is 2. The molecule has 0 radical (unpaired) electrons. The minimum absolute atomic E-state index is 0.0156. The lowest BCUT2D eigenvalue weighted by molar-refractivity contribution is 0.0925. The third-order valence-electron chi connectivity index (χ3n) is 6.60. The first-order valence-electron chi connectivity index (χ1n) is 11.7. The molecule has 34 heavy (non-hydrogen) atoms. The van der Waals surface area contributed by atoms with E-state index in [1.807, 2.05) is 43.3 Å². The van der Waals surface area contributed by atoms with Crippen molar-refractivity contribution in [2.45, 2.75) is 38.8 Å². The Morgan fingerprint density at radius 1 is 1.18 bits per heavy atom. The predicted molar refractivity (Wildman–Crippen MR) is 131 cm³/mol. The predicted octanol–water partition coefficient (Wildman–Crippen LogP) is 4.86. The second-order valence-corrected chi connectivity index (χ2v) is 9.01. The zero-order chi connectivity index (χ0) is 23.5. The Morgan fingerprint density at radius 2 is 2.03 bits per heavy atom. The molecule has 2 N–H and O–H groups in total. The molecule has 1 unspecified atom stereocenters. The summed E-state index contributed by atoms with van der Waals surface area (Å²) in [7, 11) is 0. The van der Waals surface area contributed by atoms with Crippen LogP contribution in [-0.2, 0) is 6.54 Å². The molecule has 1 saturated heterocycles. The van der Waals surface area contributed by atoms with Crippen molar-refractivity contribution >= 4 is 16.8 Å². The second-order valence-electron chi connectivity index (χ2n) is 9.01. The molecular weight excluding hydrogens is 429 g/mol. The van der Waals surface area contributed by atoms with Crippen molar-refractivity contribution in [3.8, 4) is 11.3 Å². The van der Waals surface area contributed by atoms with Gasteiger partial charge in [-0.1, -0.05) is 18.6 Å². The Labute approximate surface area is 198 Å². The van der Waals surface area contributed by atoms with Gasteiger partial charge in [0.2, 0.25) is 0 Å². The molecule has 0 bridgehead atoms. The van der Waals surface area contributed by atoms with Crippen molar-refractivity contribution in [2.24, 2.45) is 0 Å². The van der Waals surface area contributed by atoms with Crippen LogP contribution in [-0.4, -0.2) is 45.1 Å². The fourth-order valence-electron chi connectivity index (χ4n) is 4.73. The molecule has 7 heteroatoms. The lowest BCUT2D eigenvalue weighted by Crippen LogP contribution is -2.42. The van der Waals surface area contributed by atoms with Crippen LogP contribution in [0.15, 0.2) is 60.9 Å². The summed E-state index contributed by atoms with van der Waals surface area (Å²) in [5.74, 6) is -0.263. The van der Waals surface area contributed by atoms with Crippen LogP contribution in [0.4, 0.5) is 4.39 Å². The van der Waals surface area contributed by atoms with Crippen LogP contribution in [0.5, 0.6) is 0 Å². The summed E-state index contributed by atoms with van der Waals surface area (Å²) in [6, 6.07) is 14.6. The van der Waals surface area contributed by atoms with E-state index in [1.54, 1.807) is 18.5 Å². The van der Waals surface area contributed by atoms with Crippen molar-refractivity contribution in [3.63, 3.8) is 0 Å². The van der Waals surface area contributed by atoms with Gasteiger partial charge in [-0.15, -0.1) is 0 Å².